The van der Waals surface area contributed by atoms with Gasteiger partial charge in [0.25, 0.3) is 10.0 Å². The number of nitrogens with zero attached hydrogens (tertiary/aromatic N) is 3. The number of aromatic nitrogens is 2. The Labute approximate surface area is 95.0 Å². The number of nitriles is 1. The largest absolute Gasteiger partial charge is 0.334 e. The van der Waals surface area contributed by atoms with E-state index < -0.39 is 16.1 Å². The molecule has 1 N–H and O–H groups in total. The number of sulfonamides is 1. The molecule has 0 amide bonds. The van der Waals surface area contributed by atoms with Gasteiger partial charge in [-0.05, 0) is 20.8 Å². The lowest BCUT2D eigenvalue weighted by molar-refractivity contribution is 0.573. The van der Waals surface area contributed by atoms with Crippen molar-refractivity contribution in [2.75, 3.05) is 0 Å². The van der Waals surface area contributed by atoms with Crippen LogP contribution in [0.3, 0.4) is 0 Å². The van der Waals surface area contributed by atoms with E-state index in [1.54, 1.807) is 17.6 Å². The van der Waals surface area contributed by atoms with Crippen molar-refractivity contribution in [1.82, 2.24) is 14.3 Å². The Morgan fingerprint density at radius 1 is 1.69 bits per heavy atom. The van der Waals surface area contributed by atoms with Crippen molar-refractivity contribution < 1.29 is 8.42 Å². The van der Waals surface area contributed by atoms with Gasteiger partial charge in [-0.1, -0.05) is 0 Å². The smallest absolute Gasteiger partial charge is 0.260 e. The molecule has 0 aliphatic rings. The first-order valence-electron chi connectivity index (χ1n) is 4.86. The SMILES string of the molecule is CCn1cc(S(=O)(=O)NC(C)C#N)nc1C. The van der Waals surface area contributed by atoms with Crippen molar-refractivity contribution in [2.45, 2.75) is 38.4 Å². The monoisotopic (exact) mass is 242 g/mol. The summed E-state index contributed by atoms with van der Waals surface area (Å²) in [6.45, 7) is 5.76. The standard InChI is InChI=1S/C9H14N4O2S/c1-4-13-6-9(11-8(13)3)16(14,15)12-7(2)5-10/h6-7,12H,4H2,1-3H3. The number of nitrogens with one attached hydrogen (secondary N) is 1. The molecule has 0 aliphatic carbocycles. The molecule has 1 heterocycles. The Kier molecular flexibility index (Phi) is 3.67. The first-order valence-corrected chi connectivity index (χ1v) is 6.34. The van der Waals surface area contributed by atoms with Gasteiger partial charge >= 0.3 is 0 Å². The molecular weight excluding hydrogens is 228 g/mol. The second-order valence-corrected chi connectivity index (χ2v) is 5.05. The molecule has 1 aromatic heterocycles. The minimum atomic E-state index is -3.69. The highest BCUT2D eigenvalue weighted by atomic mass is 32.2. The average molecular weight is 242 g/mol. The molecule has 0 aliphatic heterocycles. The van der Waals surface area contributed by atoms with Gasteiger partial charge in [0.05, 0.1) is 6.07 Å². The van der Waals surface area contributed by atoms with E-state index in [0.29, 0.717) is 12.4 Å². The Balaban J connectivity index is 3.04. The summed E-state index contributed by atoms with van der Waals surface area (Å²) in [5.74, 6) is 0.632. The van der Waals surface area contributed by atoms with Gasteiger partial charge in [0.15, 0.2) is 5.03 Å². The zero-order valence-electron chi connectivity index (χ0n) is 9.43. The van der Waals surface area contributed by atoms with Crippen molar-refractivity contribution in [3.63, 3.8) is 0 Å². The van der Waals surface area contributed by atoms with Crippen LogP contribution in [0.5, 0.6) is 0 Å². The quantitative estimate of drug-likeness (QED) is 0.827. The van der Waals surface area contributed by atoms with Crippen molar-refractivity contribution in [2.24, 2.45) is 0 Å². The predicted molar refractivity (Wildman–Crippen MR) is 58.0 cm³/mol. The molecule has 6 nitrogen and oxygen atoms in total. The highest BCUT2D eigenvalue weighted by Gasteiger charge is 2.20. The van der Waals surface area contributed by atoms with Crippen molar-refractivity contribution in [1.29, 1.82) is 5.26 Å². The van der Waals surface area contributed by atoms with E-state index in [0.717, 1.165) is 0 Å². The van der Waals surface area contributed by atoms with E-state index >= 15 is 0 Å². The number of hydrogen-bond donors (Lipinski definition) is 1. The zero-order valence-corrected chi connectivity index (χ0v) is 10.2. The van der Waals surface area contributed by atoms with Gasteiger partial charge in [0.1, 0.15) is 11.9 Å². The topological polar surface area (TPSA) is 87.8 Å². The van der Waals surface area contributed by atoms with Crippen LogP contribution in [-0.4, -0.2) is 24.0 Å². The van der Waals surface area contributed by atoms with Gasteiger partial charge in [0.2, 0.25) is 0 Å². The van der Waals surface area contributed by atoms with Crippen LogP contribution in [0.4, 0.5) is 0 Å². The molecule has 0 fully saturated rings. The molecule has 0 saturated heterocycles. The van der Waals surface area contributed by atoms with E-state index in [1.807, 2.05) is 6.92 Å². The molecule has 1 aromatic rings. The fourth-order valence-corrected chi connectivity index (χ4v) is 2.41. The highest BCUT2D eigenvalue weighted by molar-refractivity contribution is 7.89. The molecule has 1 unspecified atom stereocenters. The highest BCUT2D eigenvalue weighted by Crippen LogP contribution is 2.09. The van der Waals surface area contributed by atoms with Gasteiger partial charge in [-0.25, -0.2) is 13.4 Å². The first-order chi connectivity index (χ1) is 7.40. The van der Waals surface area contributed by atoms with Crippen LogP contribution >= 0.6 is 0 Å². The summed E-state index contributed by atoms with van der Waals surface area (Å²) in [6, 6.07) is 1.03. The second kappa shape index (κ2) is 4.63. The maximum atomic E-state index is 11.7. The molecule has 88 valence electrons. The number of hydrogen-bond acceptors (Lipinski definition) is 4. The maximum Gasteiger partial charge on any atom is 0.260 e. The number of aryl methyl sites for hydroxylation is 2. The van der Waals surface area contributed by atoms with Crippen molar-refractivity contribution in [3.05, 3.63) is 12.0 Å². The minimum absolute atomic E-state index is 0.0473. The third-order valence-electron chi connectivity index (χ3n) is 2.10. The Hall–Kier alpha value is -1.39. The summed E-state index contributed by atoms with van der Waals surface area (Å²) in [7, 11) is -3.69. The molecule has 0 spiro atoms. The molecule has 1 rings (SSSR count). The Bertz CT molecular complexity index is 512. The van der Waals surface area contributed by atoms with Crippen LogP contribution in [0.25, 0.3) is 0 Å². The lowest BCUT2D eigenvalue weighted by Gasteiger charge is -2.04. The Morgan fingerprint density at radius 3 is 2.75 bits per heavy atom. The minimum Gasteiger partial charge on any atom is -0.334 e. The van der Waals surface area contributed by atoms with E-state index in [4.69, 9.17) is 5.26 Å². The third kappa shape index (κ3) is 2.59. The van der Waals surface area contributed by atoms with Crippen molar-refractivity contribution >= 4 is 10.0 Å². The fraction of sp³-hybridized carbons (Fsp3) is 0.556. The molecule has 7 heteroatoms. The van der Waals surface area contributed by atoms with Crippen LogP contribution in [-0.2, 0) is 16.6 Å². The lowest BCUT2D eigenvalue weighted by atomic mass is 10.4. The number of rotatable bonds is 4. The van der Waals surface area contributed by atoms with Gasteiger partial charge in [0, 0.05) is 12.7 Å². The van der Waals surface area contributed by atoms with E-state index in [1.165, 1.54) is 13.1 Å². The zero-order chi connectivity index (χ0) is 12.3. The van der Waals surface area contributed by atoms with Gasteiger partial charge in [-0.2, -0.15) is 9.98 Å². The molecule has 0 bridgehead atoms. The molecule has 16 heavy (non-hydrogen) atoms. The third-order valence-corrected chi connectivity index (χ3v) is 3.51. The summed E-state index contributed by atoms with van der Waals surface area (Å²) < 4.78 is 27.4. The Morgan fingerprint density at radius 2 is 2.31 bits per heavy atom. The van der Waals surface area contributed by atoms with Crippen LogP contribution in [0.1, 0.15) is 19.7 Å². The van der Waals surface area contributed by atoms with Crippen LogP contribution in [0, 0.1) is 18.3 Å². The summed E-state index contributed by atoms with van der Waals surface area (Å²) in [5.41, 5.74) is 0. The molecule has 0 saturated carbocycles. The second-order valence-electron chi connectivity index (χ2n) is 3.38. The summed E-state index contributed by atoms with van der Waals surface area (Å²) in [6.07, 6.45) is 1.46. The maximum absolute atomic E-state index is 11.7. The fourth-order valence-electron chi connectivity index (χ4n) is 1.25. The van der Waals surface area contributed by atoms with Crippen LogP contribution < -0.4 is 4.72 Å². The predicted octanol–water partition coefficient (Wildman–Crippen LogP) is 0.402. The van der Waals surface area contributed by atoms with Crippen LogP contribution in [0.2, 0.25) is 0 Å². The van der Waals surface area contributed by atoms with E-state index in [-0.39, 0.29) is 5.03 Å². The van der Waals surface area contributed by atoms with Gasteiger partial charge in [-0.15, -0.1) is 0 Å². The molecule has 1 atom stereocenters. The number of imidazole rings is 1. The van der Waals surface area contributed by atoms with Crippen LogP contribution in [0.15, 0.2) is 11.2 Å². The van der Waals surface area contributed by atoms with Crippen molar-refractivity contribution in [3.8, 4) is 6.07 Å². The normalized spacial score (nSPS) is 13.4. The molecule has 0 aromatic carbocycles. The van der Waals surface area contributed by atoms with Gasteiger partial charge < -0.3 is 4.57 Å². The van der Waals surface area contributed by atoms with E-state index in [9.17, 15) is 8.42 Å². The summed E-state index contributed by atoms with van der Waals surface area (Å²) in [5, 5.41) is 8.50. The molecule has 0 radical (unpaired) electrons. The summed E-state index contributed by atoms with van der Waals surface area (Å²) >= 11 is 0. The lowest BCUT2D eigenvalue weighted by Crippen LogP contribution is -2.31. The van der Waals surface area contributed by atoms with E-state index in [2.05, 4.69) is 9.71 Å². The summed E-state index contributed by atoms with van der Waals surface area (Å²) in [4.78, 5) is 3.94. The molecular formula is C9H14N4O2S. The average Bonchev–Trinajstić information content (AvgIpc) is 2.59. The first kappa shape index (κ1) is 12.7. The van der Waals surface area contributed by atoms with Gasteiger partial charge in [-0.3, -0.25) is 0 Å².